The van der Waals surface area contributed by atoms with Gasteiger partial charge in [0, 0.05) is 24.0 Å². The summed E-state index contributed by atoms with van der Waals surface area (Å²) in [6.07, 6.45) is 5.07. The van der Waals surface area contributed by atoms with Crippen LogP contribution in [-0.2, 0) is 33.8 Å². The minimum absolute atomic E-state index is 0.0693. The van der Waals surface area contributed by atoms with E-state index in [0.29, 0.717) is 35.9 Å². The van der Waals surface area contributed by atoms with Gasteiger partial charge in [-0.25, -0.2) is 0 Å². The number of Topliss-reactive ketones (excluding diaryl/α,β-unsaturated/α-hetero) is 2. The molecule has 3 aromatic rings. The summed E-state index contributed by atoms with van der Waals surface area (Å²) in [5.74, 6) is 1.13. The topological polar surface area (TPSA) is 65.7 Å². The SMILES string of the molecule is C=C(/C=C\C(=C)C(=O)CC(=O)Cc1cc(CC(=C)c2ccco2)ccc1OC)OCc1ccccc1. The lowest BCUT2D eigenvalue weighted by molar-refractivity contribution is -0.124. The van der Waals surface area contributed by atoms with Crippen molar-refractivity contribution in [1.82, 2.24) is 0 Å². The maximum absolute atomic E-state index is 12.7. The van der Waals surface area contributed by atoms with E-state index in [0.717, 1.165) is 16.7 Å². The third-order valence-corrected chi connectivity index (χ3v) is 5.47. The molecule has 5 heteroatoms. The van der Waals surface area contributed by atoms with Crippen LogP contribution in [0.25, 0.3) is 5.57 Å². The average molecular weight is 483 g/mol. The highest BCUT2D eigenvalue weighted by Gasteiger charge is 2.15. The molecule has 2 aromatic carbocycles. The van der Waals surface area contributed by atoms with Crippen LogP contribution in [0.5, 0.6) is 5.75 Å². The number of benzene rings is 2. The number of ether oxygens (including phenoxy) is 2. The Bertz CT molecular complexity index is 1260. The number of hydrogen-bond acceptors (Lipinski definition) is 5. The Morgan fingerprint density at radius 3 is 2.39 bits per heavy atom. The molecule has 0 saturated heterocycles. The van der Waals surface area contributed by atoms with E-state index in [1.807, 2.05) is 60.7 Å². The average Bonchev–Trinajstić information content (AvgIpc) is 3.42. The first kappa shape index (κ1) is 26.2. The van der Waals surface area contributed by atoms with E-state index < -0.39 is 0 Å². The number of hydrogen-bond donors (Lipinski definition) is 0. The molecule has 0 fully saturated rings. The fourth-order valence-corrected chi connectivity index (χ4v) is 3.55. The van der Waals surface area contributed by atoms with Crippen molar-refractivity contribution in [1.29, 1.82) is 0 Å². The van der Waals surface area contributed by atoms with E-state index in [1.54, 1.807) is 19.4 Å². The minimum atomic E-state index is -0.353. The molecule has 1 aromatic heterocycles. The fourth-order valence-electron chi connectivity index (χ4n) is 3.55. The molecule has 0 spiro atoms. The van der Waals surface area contributed by atoms with Crippen LogP contribution in [0, 0.1) is 0 Å². The summed E-state index contributed by atoms with van der Waals surface area (Å²) in [6.45, 7) is 12.1. The first-order valence-electron chi connectivity index (χ1n) is 11.5. The summed E-state index contributed by atoms with van der Waals surface area (Å²) in [6, 6.07) is 19.0. The van der Waals surface area contributed by atoms with Crippen LogP contribution in [0.1, 0.15) is 28.9 Å². The lowest BCUT2D eigenvalue weighted by Crippen LogP contribution is -2.12. The highest BCUT2D eigenvalue weighted by Crippen LogP contribution is 2.25. The van der Waals surface area contributed by atoms with Crippen LogP contribution in [0.15, 0.2) is 115 Å². The molecule has 1 heterocycles. The minimum Gasteiger partial charge on any atom is -0.496 e. The van der Waals surface area contributed by atoms with E-state index in [1.165, 1.54) is 6.08 Å². The van der Waals surface area contributed by atoms with Gasteiger partial charge in [0.25, 0.3) is 0 Å². The number of allylic oxidation sites excluding steroid dienone is 4. The Hall–Kier alpha value is -4.38. The van der Waals surface area contributed by atoms with Gasteiger partial charge in [-0.3, -0.25) is 9.59 Å². The van der Waals surface area contributed by atoms with Gasteiger partial charge in [-0.15, -0.1) is 0 Å². The maximum atomic E-state index is 12.7. The molecule has 0 saturated carbocycles. The van der Waals surface area contributed by atoms with E-state index in [2.05, 4.69) is 19.7 Å². The molecule has 0 aliphatic carbocycles. The number of rotatable bonds is 14. The molecule has 36 heavy (non-hydrogen) atoms. The molecule has 184 valence electrons. The van der Waals surface area contributed by atoms with Crippen molar-refractivity contribution in [3.05, 3.63) is 133 Å². The Balaban J connectivity index is 1.53. The molecule has 0 N–H and O–H groups in total. The number of carbonyl (C=O) groups is 2. The van der Waals surface area contributed by atoms with Gasteiger partial charge in [0.2, 0.25) is 0 Å². The zero-order valence-corrected chi connectivity index (χ0v) is 20.5. The van der Waals surface area contributed by atoms with Crippen LogP contribution in [0.3, 0.4) is 0 Å². The van der Waals surface area contributed by atoms with E-state index in [-0.39, 0.29) is 30.0 Å². The van der Waals surface area contributed by atoms with Crippen molar-refractivity contribution >= 4 is 17.1 Å². The summed E-state index contributed by atoms with van der Waals surface area (Å²) in [5.41, 5.74) is 3.73. The van der Waals surface area contributed by atoms with Crippen molar-refractivity contribution in [2.24, 2.45) is 0 Å². The largest absolute Gasteiger partial charge is 0.496 e. The van der Waals surface area contributed by atoms with Crippen LogP contribution < -0.4 is 4.74 Å². The summed E-state index contributed by atoms with van der Waals surface area (Å²) in [5, 5.41) is 0. The summed E-state index contributed by atoms with van der Waals surface area (Å²) >= 11 is 0. The molecule has 5 nitrogen and oxygen atoms in total. The lowest BCUT2D eigenvalue weighted by atomic mass is 9.97. The third kappa shape index (κ3) is 7.84. The Labute approximate surface area is 212 Å². The van der Waals surface area contributed by atoms with E-state index >= 15 is 0 Å². The van der Waals surface area contributed by atoms with Gasteiger partial charge in [0.15, 0.2) is 5.78 Å². The second-order valence-corrected chi connectivity index (χ2v) is 8.32. The van der Waals surface area contributed by atoms with Crippen LogP contribution in [0.2, 0.25) is 0 Å². The Morgan fingerprint density at radius 1 is 0.917 bits per heavy atom. The standard InChI is InChI=1S/C31H30O5/c1-22(12-13-24(3)36-21-25-9-6-5-7-10-25)29(33)20-28(32)19-27-18-26(14-15-31(27)34-4)17-23(2)30-11-8-16-35-30/h5-16,18H,1-3,17,19-21H2,4H3/b13-12-. The molecule has 0 atom stereocenters. The molecule has 0 radical (unpaired) electrons. The number of furan rings is 1. The predicted octanol–water partition coefficient (Wildman–Crippen LogP) is 6.46. The Kier molecular flexibility index (Phi) is 9.40. The monoisotopic (exact) mass is 482 g/mol. The van der Waals surface area contributed by atoms with Crippen LogP contribution in [-0.4, -0.2) is 18.7 Å². The van der Waals surface area contributed by atoms with Gasteiger partial charge in [-0.1, -0.05) is 62.2 Å². The van der Waals surface area contributed by atoms with Crippen LogP contribution in [0.4, 0.5) is 0 Å². The maximum Gasteiger partial charge on any atom is 0.169 e. The quantitative estimate of drug-likeness (QED) is 0.114. The van der Waals surface area contributed by atoms with Gasteiger partial charge >= 0.3 is 0 Å². The lowest BCUT2D eigenvalue weighted by Gasteiger charge is -2.11. The molecule has 0 amide bonds. The highest BCUT2D eigenvalue weighted by atomic mass is 16.5. The van der Waals surface area contributed by atoms with E-state index in [4.69, 9.17) is 13.9 Å². The molecule has 0 bridgehead atoms. The molecule has 0 aliphatic rings. The van der Waals surface area contributed by atoms with Crippen molar-refractivity contribution in [2.45, 2.75) is 25.9 Å². The van der Waals surface area contributed by atoms with Crippen molar-refractivity contribution in [3.63, 3.8) is 0 Å². The fraction of sp³-hybridized carbons (Fsp3) is 0.161. The molecular formula is C31H30O5. The summed E-state index contributed by atoms with van der Waals surface area (Å²) in [7, 11) is 1.55. The normalized spacial score (nSPS) is 10.7. The second kappa shape index (κ2) is 12.9. The second-order valence-electron chi connectivity index (χ2n) is 8.32. The van der Waals surface area contributed by atoms with Gasteiger partial charge in [0.1, 0.15) is 29.7 Å². The number of ketones is 2. The zero-order chi connectivity index (χ0) is 25.9. The molecular weight excluding hydrogens is 452 g/mol. The third-order valence-electron chi connectivity index (χ3n) is 5.47. The molecule has 0 aliphatic heterocycles. The van der Waals surface area contributed by atoms with Gasteiger partial charge in [-0.05, 0) is 47.1 Å². The Morgan fingerprint density at radius 2 is 1.69 bits per heavy atom. The van der Waals surface area contributed by atoms with E-state index in [9.17, 15) is 9.59 Å². The predicted molar refractivity (Wildman–Crippen MR) is 141 cm³/mol. The zero-order valence-electron chi connectivity index (χ0n) is 20.5. The first-order valence-corrected chi connectivity index (χ1v) is 11.5. The van der Waals surface area contributed by atoms with Crippen molar-refractivity contribution in [3.8, 4) is 5.75 Å². The summed E-state index contributed by atoms with van der Waals surface area (Å²) < 4.78 is 16.4. The van der Waals surface area contributed by atoms with Crippen molar-refractivity contribution in [2.75, 3.05) is 7.11 Å². The van der Waals surface area contributed by atoms with Gasteiger partial charge in [0.05, 0.1) is 19.8 Å². The van der Waals surface area contributed by atoms with Gasteiger partial charge < -0.3 is 13.9 Å². The summed E-state index contributed by atoms with van der Waals surface area (Å²) in [4.78, 5) is 25.2. The molecule has 0 unspecified atom stereocenters. The molecule has 3 rings (SSSR count). The van der Waals surface area contributed by atoms with Gasteiger partial charge in [-0.2, -0.15) is 0 Å². The number of methoxy groups -OCH3 is 1. The van der Waals surface area contributed by atoms with Crippen LogP contribution >= 0.6 is 0 Å². The highest BCUT2D eigenvalue weighted by molar-refractivity contribution is 6.09. The smallest absolute Gasteiger partial charge is 0.169 e. The first-order chi connectivity index (χ1) is 17.4. The van der Waals surface area contributed by atoms with Crippen molar-refractivity contribution < 1.29 is 23.5 Å². The number of carbonyl (C=O) groups excluding carboxylic acids is 2.